The second-order valence-electron chi connectivity index (χ2n) is 9.43. The van der Waals surface area contributed by atoms with Crippen LogP contribution in [0.1, 0.15) is 31.7 Å². The molecule has 5 rings (SSSR count). The molecular weight excluding hydrogens is 452 g/mol. The van der Waals surface area contributed by atoms with Crippen LogP contribution in [0.2, 0.25) is 0 Å². The summed E-state index contributed by atoms with van der Waals surface area (Å²) in [7, 11) is 3.85. The first-order valence-electron chi connectivity index (χ1n) is 12.2. The first-order valence-corrected chi connectivity index (χ1v) is 12.2. The van der Waals surface area contributed by atoms with Gasteiger partial charge < -0.3 is 20.9 Å². The van der Waals surface area contributed by atoms with Crippen molar-refractivity contribution >= 4 is 40.3 Å². The molecule has 3 N–H and O–H groups in total. The minimum Gasteiger partial charge on any atom is -0.381 e. The maximum absolute atomic E-state index is 13.5. The zero-order valence-electron chi connectivity index (χ0n) is 20.8. The van der Waals surface area contributed by atoms with E-state index in [0.717, 1.165) is 53.0 Å². The first kappa shape index (κ1) is 23.5. The largest absolute Gasteiger partial charge is 0.381 e. The van der Waals surface area contributed by atoms with Gasteiger partial charge in [0.15, 0.2) is 0 Å². The molecule has 2 aliphatic rings. The molecule has 0 unspecified atom stereocenters. The number of anilines is 4. The van der Waals surface area contributed by atoms with Crippen molar-refractivity contribution in [3.8, 4) is 11.1 Å². The van der Waals surface area contributed by atoms with Gasteiger partial charge in [0.1, 0.15) is 5.82 Å². The van der Waals surface area contributed by atoms with Crippen LogP contribution in [0.5, 0.6) is 0 Å². The molecule has 0 spiro atoms. The molecule has 2 amide bonds. The van der Waals surface area contributed by atoms with Crippen molar-refractivity contribution in [1.82, 2.24) is 9.97 Å². The van der Waals surface area contributed by atoms with Gasteiger partial charge in [-0.15, -0.1) is 0 Å². The van der Waals surface area contributed by atoms with Crippen LogP contribution in [0.3, 0.4) is 0 Å². The fourth-order valence-corrected chi connectivity index (χ4v) is 4.32. The highest BCUT2D eigenvalue weighted by atomic mass is 16.2. The second-order valence-corrected chi connectivity index (χ2v) is 9.43. The number of fused-ring (bicyclic) bond motifs is 1. The first-order chi connectivity index (χ1) is 17.4. The molecule has 184 valence electrons. The quantitative estimate of drug-likeness (QED) is 0.448. The Bertz CT molecular complexity index is 1340. The van der Waals surface area contributed by atoms with Gasteiger partial charge in [0.25, 0.3) is 5.91 Å². The second kappa shape index (κ2) is 9.81. The standard InChI is InChI=1S/C28H30N6O2/c1-4-17-14-30-24-9-7-19(20-11-22(15-29-13-20)33-27(35)18-5-6-18)12-23(24)26(17)28(36)32-21-8-10-25(31-16-21)34(2)3/h7-13,15-16,18,30H,4-6,14H2,1-3H3,(H,32,36)(H,33,35). The summed E-state index contributed by atoms with van der Waals surface area (Å²) in [5.41, 5.74) is 6.59. The van der Waals surface area contributed by atoms with Crippen molar-refractivity contribution in [2.45, 2.75) is 26.2 Å². The van der Waals surface area contributed by atoms with Crippen LogP contribution in [0.15, 0.2) is 60.6 Å². The normalized spacial score (nSPS) is 14.5. The minimum absolute atomic E-state index is 0.0474. The summed E-state index contributed by atoms with van der Waals surface area (Å²) >= 11 is 0. The Morgan fingerprint density at radius 1 is 1.00 bits per heavy atom. The number of carbonyl (C=O) groups excluding carboxylic acids is 2. The summed E-state index contributed by atoms with van der Waals surface area (Å²) in [6, 6.07) is 11.7. The zero-order chi connectivity index (χ0) is 25.2. The van der Waals surface area contributed by atoms with E-state index < -0.39 is 0 Å². The molecule has 36 heavy (non-hydrogen) atoms. The van der Waals surface area contributed by atoms with Crippen LogP contribution in [0.25, 0.3) is 16.7 Å². The summed E-state index contributed by atoms with van der Waals surface area (Å²) in [6.45, 7) is 2.68. The number of hydrogen-bond donors (Lipinski definition) is 3. The monoisotopic (exact) mass is 482 g/mol. The summed E-state index contributed by atoms with van der Waals surface area (Å²) < 4.78 is 0. The smallest absolute Gasteiger partial charge is 0.256 e. The molecule has 0 bridgehead atoms. The predicted molar refractivity (Wildman–Crippen MR) is 144 cm³/mol. The number of rotatable bonds is 7. The lowest BCUT2D eigenvalue weighted by Crippen LogP contribution is -2.22. The number of amides is 2. The fourth-order valence-electron chi connectivity index (χ4n) is 4.32. The molecule has 1 fully saturated rings. The van der Waals surface area contributed by atoms with Crippen molar-refractivity contribution in [1.29, 1.82) is 0 Å². The number of hydrogen-bond acceptors (Lipinski definition) is 6. The van der Waals surface area contributed by atoms with Crippen LogP contribution in [-0.2, 0) is 9.59 Å². The van der Waals surface area contributed by atoms with Gasteiger partial charge in [-0.25, -0.2) is 4.98 Å². The van der Waals surface area contributed by atoms with E-state index in [2.05, 4.69) is 32.8 Å². The minimum atomic E-state index is -0.158. The van der Waals surface area contributed by atoms with E-state index in [0.29, 0.717) is 23.5 Å². The Labute approximate surface area is 210 Å². The molecule has 8 nitrogen and oxygen atoms in total. The molecule has 0 radical (unpaired) electrons. The predicted octanol–water partition coefficient (Wildman–Crippen LogP) is 4.79. The number of benzene rings is 1. The van der Waals surface area contributed by atoms with Crippen molar-refractivity contribution in [2.75, 3.05) is 41.5 Å². The van der Waals surface area contributed by atoms with Gasteiger partial charge >= 0.3 is 0 Å². The van der Waals surface area contributed by atoms with Crippen LogP contribution in [0.4, 0.5) is 22.9 Å². The van der Waals surface area contributed by atoms with Crippen molar-refractivity contribution in [2.24, 2.45) is 5.92 Å². The Morgan fingerprint density at radius 3 is 2.53 bits per heavy atom. The topological polar surface area (TPSA) is 99.2 Å². The maximum Gasteiger partial charge on any atom is 0.256 e. The molecule has 0 atom stereocenters. The highest BCUT2D eigenvalue weighted by molar-refractivity contribution is 6.28. The van der Waals surface area contributed by atoms with E-state index in [1.54, 1.807) is 18.6 Å². The fraction of sp³-hybridized carbons (Fsp3) is 0.286. The van der Waals surface area contributed by atoms with E-state index in [-0.39, 0.29) is 17.7 Å². The third-order valence-corrected chi connectivity index (χ3v) is 6.54. The number of nitrogens with one attached hydrogen (secondary N) is 3. The highest BCUT2D eigenvalue weighted by Crippen LogP contribution is 2.37. The van der Waals surface area contributed by atoms with Crippen LogP contribution in [0, 0.1) is 5.92 Å². The Kier molecular flexibility index (Phi) is 6.41. The number of carbonyl (C=O) groups is 2. The highest BCUT2D eigenvalue weighted by Gasteiger charge is 2.29. The van der Waals surface area contributed by atoms with Gasteiger partial charge in [0, 0.05) is 55.1 Å². The van der Waals surface area contributed by atoms with Crippen molar-refractivity contribution in [3.05, 3.63) is 66.1 Å². The summed E-state index contributed by atoms with van der Waals surface area (Å²) in [5, 5.41) is 9.42. The average molecular weight is 483 g/mol. The number of aromatic nitrogens is 2. The summed E-state index contributed by atoms with van der Waals surface area (Å²) in [4.78, 5) is 36.4. The van der Waals surface area contributed by atoms with Gasteiger partial charge in [-0.1, -0.05) is 13.0 Å². The molecule has 3 heterocycles. The lowest BCUT2D eigenvalue weighted by atomic mass is 9.90. The third-order valence-electron chi connectivity index (χ3n) is 6.54. The van der Waals surface area contributed by atoms with E-state index in [1.807, 2.05) is 55.4 Å². The lowest BCUT2D eigenvalue weighted by Gasteiger charge is -2.25. The van der Waals surface area contributed by atoms with E-state index in [9.17, 15) is 9.59 Å². The van der Waals surface area contributed by atoms with Crippen LogP contribution in [-0.4, -0.2) is 42.4 Å². The number of nitrogens with zero attached hydrogens (tertiary/aromatic N) is 3. The van der Waals surface area contributed by atoms with Gasteiger partial charge in [0.2, 0.25) is 5.91 Å². The van der Waals surface area contributed by atoms with E-state index in [1.165, 1.54) is 0 Å². The molecule has 1 aliphatic heterocycles. The third kappa shape index (κ3) is 4.93. The Hall–Kier alpha value is -4.20. The summed E-state index contributed by atoms with van der Waals surface area (Å²) in [6.07, 6.45) is 7.75. The Morgan fingerprint density at radius 2 is 1.83 bits per heavy atom. The lowest BCUT2D eigenvalue weighted by molar-refractivity contribution is -0.117. The average Bonchev–Trinajstić information content (AvgIpc) is 3.74. The van der Waals surface area contributed by atoms with Gasteiger partial charge in [-0.05, 0) is 60.7 Å². The SMILES string of the molecule is CCC1=C(C(=O)Nc2ccc(N(C)C)nc2)c2cc(-c3cncc(NC(=O)C4CC4)c3)ccc2NC1. The zero-order valence-corrected chi connectivity index (χ0v) is 20.8. The molecule has 8 heteroatoms. The molecule has 0 saturated heterocycles. The van der Waals surface area contributed by atoms with Gasteiger partial charge in [0.05, 0.1) is 23.8 Å². The molecule has 1 saturated carbocycles. The summed E-state index contributed by atoms with van der Waals surface area (Å²) in [5.74, 6) is 0.833. The van der Waals surface area contributed by atoms with Gasteiger partial charge in [-0.3, -0.25) is 14.6 Å². The molecule has 2 aromatic heterocycles. The van der Waals surface area contributed by atoms with Gasteiger partial charge in [-0.2, -0.15) is 0 Å². The molecule has 3 aromatic rings. The molecule has 1 aromatic carbocycles. The molecule has 1 aliphatic carbocycles. The Balaban J connectivity index is 1.44. The van der Waals surface area contributed by atoms with Crippen molar-refractivity contribution < 1.29 is 9.59 Å². The number of pyridine rings is 2. The van der Waals surface area contributed by atoms with Crippen molar-refractivity contribution in [3.63, 3.8) is 0 Å². The van der Waals surface area contributed by atoms with Crippen LogP contribution >= 0.6 is 0 Å². The maximum atomic E-state index is 13.5. The van der Waals surface area contributed by atoms with Crippen LogP contribution < -0.4 is 20.9 Å². The van der Waals surface area contributed by atoms with E-state index in [4.69, 9.17) is 0 Å². The van der Waals surface area contributed by atoms with E-state index >= 15 is 0 Å². The molecular formula is C28H30N6O2.